The zero-order chi connectivity index (χ0) is 22.2. The quantitative estimate of drug-likeness (QED) is 0.472. The molecule has 0 amide bonds. The summed E-state index contributed by atoms with van der Waals surface area (Å²) in [7, 11) is 0. The molecule has 4 heterocycles. The summed E-state index contributed by atoms with van der Waals surface area (Å²) < 4.78 is 21.1. The molecule has 0 spiro atoms. The van der Waals surface area contributed by atoms with Gasteiger partial charge in [-0.3, -0.25) is 0 Å². The number of fused-ring (bicyclic) bond motifs is 1. The summed E-state index contributed by atoms with van der Waals surface area (Å²) in [6.45, 7) is 4.21. The molecule has 0 N–H and O–H groups in total. The first kappa shape index (κ1) is 20.1. The van der Waals surface area contributed by atoms with Crippen molar-refractivity contribution < 1.29 is 9.13 Å². The zero-order valence-electron chi connectivity index (χ0n) is 18.3. The molecule has 4 aromatic rings. The van der Waals surface area contributed by atoms with Crippen LogP contribution in [0.4, 0.5) is 15.9 Å². The van der Waals surface area contributed by atoms with Crippen LogP contribution < -0.4 is 9.80 Å². The third kappa shape index (κ3) is 3.80. The van der Waals surface area contributed by atoms with Gasteiger partial charge in [-0.05, 0) is 66.9 Å². The molecule has 1 unspecified atom stereocenters. The van der Waals surface area contributed by atoms with E-state index in [1.165, 1.54) is 11.8 Å². The predicted molar refractivity (Wildman–Crippen MR) is 125 cm³/mol. The first-order valence-corrected chi connectivity index (χ1v) is 11.4. The lowest BCUT2D eigenvalue weighted by Crippen LogP contribution is -2.36. The van der Waals surface area contributed by atoms with E-state index in [1.54, 1.807) is 16.6 Å². The minimum absolute atomic E-state index is 0.110. The molecule has 6 rings (SSSR count). The van der Waals surface area contributed by atoms with Crippen molar-refractivity contribution in [1.82, 2.24) is 19.8 Å². The van der Waals surface area contributed by atoms with E-state index in [0.29, 0.717) is 11.5 Å². The van der Waals surface area contributed by atoms with Gasteiger partial charge in [0.2, 0.25) is 0 Å². The Hall–Kier alpha value is -3.52. The number of anilines is 2. The number of hydrogen-bond donors (Lipinski definition) is 0. The van der Waals surface area contributed by atoms with Gasteiger partial charge in [-0.2, -0.15) is 4.52 Å². The minimum Gasteiger partial charge on any atom is -0.378 e. The van der Waals surface area contributed by atoms with Crippen LogP contribution in [0.15, 0.2) is 60.7 Å². The van der Waals surface area contributed by atoms with Crippen molar-refractivity contribution in [3.05, 3.63) is 72.0 Å². The SMILES string of the molecule is Fc1cccc(C2CCCN2c2ccc3nnc(-c4ccc(N5CCOCC5)cc4)n3n2)c1. The molecule has 8 heteroatoms. The minimum atomic E-state index is -0.204. The van der Waals surface area contributed by atoms with Gasteiger partial charge in [-0.1, -0.05) is 12.1 Å². The number of halogens is 1. The maximum absolute atomic E-state index is 13.8. The average molecular weight is 445 g/mol. The number of hydrogen-bond acceptors (Lipinski definition) is 6. The smallest absolute Gasteiger partial charge is 0.185 e. The van der Waals surface area contributed by atoms with Crippen LogP contribution >= 0.6 is 0 Å². The Balaban J connectivity index is 1.32. The summed E-state index contributed by atoms with van der Waals surface area (Å²) in [5, 5.41) is 13.6. The molecule has 7 nitrogen and oxygen atoms in total. The van der Waals surface area contributed by atoms with Crippen LogP contribution in [0.3, 0.4) is 0 Å². The molecule has 2 aliphatic heterocycles. The summed E-state index contributed by atoms with van der Waals surface area (Å²) in [6, 6.07) is 19.3. The predicted octanol–water partition coefficient (Wildman–Crippen LogP) is 4.11. The van der Waals surface area contributed by atoms with Gasteiger partial charge in [0.15, 0.2) is 11.5 Å². The van der Waals surface area contributed by atoms with E-state index in [9.17, 15) is 4.39 Å². The van der Waals surface area contributed by atoms with E-state index in [0.717, 1.165) is 62.6 Å². The average Bonchev–Trinajstić information content (AvgIpc) is 3.52. The van der Waals surface area contributed by atoms with Crippen molar-refractivity contribution in [3.63, 3.8) is 0 Å². The van der Waals surface area contributed by atoms with Crippen LogP contribution in [-0.2, 0) is 4.74 Å². The van der Waals surface area contributed by atoms with E-state index in [-0.39, 0.29) is 11.9 Å². The topological polar surface area (TPSA) is 58.8 Å². The molecule has 2 aliphatic rings. The zero-order valence-corrected chi connectivity index (χ0v) is 18.3. The molecule has 1 atom stereocenters. The fourth-order valence-electron chi connectivity index (χ4n) is 4.86. The number of benzene rings is 2. The number of nitrogens with zero attached hydrogens (tertiary/aromatic N) is 6. The largest absolute Gasteiger partial charge is 0.378 e. The maximum atomic E-state index is 13.8. The number of rotatable bonds is 4. The Kier molecular flexibility index (Phi) is 5.14. The van der Waals surface area contributed by atoms with Gasteiger partial charge in [0.25, 0.3) is 0 Å². The monoisotopic (exact) mass is 444 g/mol. The molecule has 2 fully saturated rings. The van der Waals surface area contributed by atoms with Gasteiger partial charge in [-0.25, -0.2) is 4.39 Å². The molecular weight excluding hydrogens is 419 g/mol. The highest BCUT2D eigenvalue weighted by Gasteiger charge is 2.28. The van der Waals surface area contributed by atoms with Crippen molar-refractivity contribution in [2.45, 2.75) is 18.9 Å². The van der Waals surface area contributed by atoms with E-state index in [1.807, 2.05) is 18.2 Å². The lowest BCUT2D eigenvalue weighted by Gasteiger charge is -2.28. The first-order valence-electron chi connectivity index (χ1n) is 11.4. The van der Waals surface area contributed by atoms with Crippen molar-refractivity contribution >= 4 is 17.2 Å². The van der Waals surface area contributed by atoms with E-state index < -0.39 is 0 Å². The fraction of sp³-hybridized carbons (Fsp3) is 0.320. The molecule has 2 aromatic heterocycles. The molecule has 0 bridgehead atoms. The lowest BCUT2D eigenvalue weighted by molar-refractivity contribution is 0.122. The summed E-state index contributed by atoms with van der Waals surface area (Å²) >= 11 is 0. The first-order chi connectivity index (χ1) is 16.3. The number of aromatic nitrogens is 4. The van der Waals surface area contributed by atoms with Gasteiger partial charge in [0.1, 0.15) is 11.6 Å². The van der Waals surface area contributed by atoms with Gasteiger partial charge >= 0.3 is 0 Å². The van der Waals surface area contributed by atoms with Crippen molar-refractivity contribution in [1.29, 1.82) is 0 Å². The third-order valence-corrected chi connectivity index (χ3v) is 6.53. The molecule has 33 heavy (non-hydrogen) atoms. The van der Waals surface area contributed by atoms with E-state index in [2.05, 4.69) is 44.3 Å². The molecule has 0 saturated carbocycles. The van der Waals surface area contributed by atoms with Gasteiger partial charge < -0.3 is 14.5 Å². The van der Waals surface area contributed by atoms with Gasteiger partial charge in [0.05, 0.1) is 19.3 Å². The third-order valence-electron chi connectivity index (χ3n) is 6.53. The second-order valence-corrected chi connectivity index (χ2v) is 8.54. The Morgan fingerprint density at radius 3 is 2.58 bits per heavy atom. The normalized spacial score (nSPS) is 18.9. The van der Waals surface area contributed by atoms with E-state index >= 15 is 0 Å². The van der Waals surface area contributed by atoms with Crippen molar-refractivity contribution in [2.24, 2.45) is 0 Å². The van der Waals surface area contributed by atoms with Crippen molar-refractivity contribution in [2.75, 3.05) is 42.6 Å². The molecule has 0 aliphatic carbocycles. The van der Waals surface area contributed by atoms with Crippen LogP contribution in [0.5, 0.6) is 0 Å². The van der Waals surface area contributed by atoms with Crippen LogP contribution in [0.25, 0.3) is 17.0 Å². The molecule has 0 radical (unpaired) electrons. The lowest BCUT2D eigenvalue weighted by atomic mass is 10.0. The Bertz CT molecular complexity index is 1270. The molecule has 2 aromatic carbocycles. The highest BCUT2D eigenvalue weighted by atomic mass is 19.1. The van der Waals surface area contributed by atoms with Crippen LogP contribution in [0, 0.1) is 5.82 Å². The van der Waals surface area contributed by atoms with Crippen LogP contribution in [-0.4, -0.2) is 52.7 Å². The standard InChI is InChI=1S/C25H25FN6O/c26-20-4-1-3-19(17-20)22-5-2-12-31(22)24-11-10-23-27-28-25(32(23)29-24)18-6-8-21(9-7-18)30-13-15-33-16-14-30/h1,3-4,6-11,17,22H,2,5,12-16H2. The molecule has 168 valence electrons. The number of morpholine rings is 1. The van der Waals surface area contributed by atoms with Gasteiger partial charge in [0, 0.05) is 30.9 Å². The Morgan fingerprint density at radius 1 is 0.909 bits per heavy atom. The summed E-state index contributed by atoms with van der Waals surface area (Å²) in [5.74, 6) is 1.35. The van der Waals surface area contributed by atoms with Gasteiger partial charge in [-0.15, -0.1) is 15.3 Å². The highest BCUT2D eigenvalue weighted by molar-refractivity contribution is 5.63. The fourth-order valence-corrected chi connectivity index (χ4v) is 4.86. The Labute approximate surface area is 191 Å². The summed E-state index contributed by atoms with van der Waals surface area (Å²) in [6.07, 6.45) is 2.01. The second-order valence-electron chi connectivity index (χ2n) is 8.54. The van der Waals surface area contributed by atoms with Crippen LogP contribution in [0.2, 0.25) is 0 Å². The molecule has 2 saturated heterocycles. The summed E-state index contributed by atoms with van der Waals surface area (Å²) in [5.41, 5.74) is 3.83. The molecular formula is C25H25FN6O. The van der Waals surface area contributed by atoms with Crippen LogP contribution in [0.1, 0.15) is 24.4 Å². The maximum Gasteiger partial charge on any atom is 0.185 e. The Morgan fingerprint density at radius 2 is 1.76 bits per heavy atom. The van der Waals surface area contributed by atoms with E-state index in [4.69, 9.17) is 9.84 Å². The van der Waals surface area contributed by atoms with Crippen molar-refractivity contribution in [3.8, 4) is 11.4 Å². The number of ether oxygens (including phenoxy) is 1. The highest BCUT2D eigenvalue weighted by Crippen LogP contribution is 2.35. The summed E-state index contributed by atoms with van der Waals surface area (Å²) in [4.78, 5) is 4.57. The second kappa shape index (κ2) is 8.44.